The largest absolute Gasteiger partial charge is 0.371 e. The topological polar surface area (TPSA) is 9.23 Å². The Morgan fingerprint density at radius 2 is 1.75 bits per heavy atom. The van der Waals surface area contributed by atoms with Crippen molar-refractivity contribution in [3.05, 3.63) is 12.2 Å². The minimum atomic E-state index is -0.294. The molecule has 0 aromatic rings. The molecular weight excluding hydrogens is 148 g/mol. The molecule has 1 saturated carbocycles. The van der Waals surface area contributed by atoms with Crippen LogP contribution in [-0.4, -0.2) is 11.7 Å². The van der Waals surface area contributed by atoms with Crippen LogP contribution >= 0.6 is 0 Å². The smallest absolute Gasteiger partial charge is 0.0707 e. The van der Waals surface area contributed by atoms with Gasteiger partial charge in [-0.05, 0) is 33.6 Å². The number of ether oxygens (including phenoxy) is 1. The molecule has 0 spiro atoms. The summed E-state index contributed by atoms with van der Waals surface area (Å²) in [4.78, 5) is 0. The van der Waals surface area contributed by atoms with Gasteiger partial charge in [-0.3, -0.25) is 0 Å². The Bertz CT molecular complexity index is 239. The van der Waals surface area contributed by atoms with E-state index in [0.29, 0.717) is 0 Å². The summed E-state index contributed by atoms with van der Waals surface area (Å²) in [5.74, 6) is 0.281. The summed E-state index contributed by atoms with van der Waals surface area (Å²) in [5.41, 5.74) is -0.170. The second-order valence-corrected chi connectivity index (χ2v) is 4.62. The van der Waals surface area contributed by atoms with Crippen molar-refractivity contribution < 1.29 is 7.48 Å². The van der Waals surface area contributed by atoms with E-state index in [0.717, 1.165) is 0 Å². The van der Waals surface area contributed by atoms with Crippen molar-refractivity contribution in [3.8, 4) is 0 Å². The quantitative estimate of drug-likeness (QED) is 0.547. The van der Waals surface area contributed by atoms with Gasteiger partial charge in [-0.2, -0.15) is 0 Å². The highest BCUT2D eigenvalue weighted by molar-refractivity contribution is 5.13. The maximum absolute atomic E-state index is 7.85. The van der Waals surface area contributed by atoms with Gasteiger partial charge in [0.1, 0.15) is 0 Å². The summed E-state index contributed by atoms with van der Waals surface area (Å²) in [6, 6.07) is 0. The lowest BCUT2D eigenvalue weighted by molar-refractivity contribution is -0.0753. The first-order chi connectivity index (χ1) is 6.40. The van der Waals surface area contributed by atoms with Crippen LogP contribution in [0.1, 0.15) is 36.3 Å². The highest BCUT2D eigenvalue weighted by Crippen LogP contribution is 2.42. The second kappa shape index (κ2) is 2.59. The van der Waals surface area contributed by atoms with E-state index in [1.54, 1.807) is 0 Å². The summed E-state index contributed by atoms with van der Waals surface area (Å²) in [7, 11) is 0. The molecule has 4 unspecified atom stereocenters. The summed E-state index contributed by atoms with van der Waals surface area (Å²) in [6.07, 6.45) is 3.60. The molecule has 4 atom stereocenters. The SMILES string of the molecule is [2H]C1C([2H])C2C=CC1C2OC(C)(C)C. The Morgan fingerprint density at radius 1 is 1.25 bits per heavy atom. The third-order valence-electron chi connectivity index (χ3n) is 2.36. The molecule has 0 aliphatic heterocycles. The lowest BCUT2D eigenvalue weighted by atomic mass is 10.1. The number of rotatable bonds is 1. The van der Waals surface area contributed by atoms with E-state index in [1.807, 2.05) is 20.8 Å². The van der Waals surface area contributed by atoms with Gasteiger partial charge in [0, 0.05) is 14.6 Å². The molecule has 12 heavy (non-hydrogen) atoms. The van der Waals surface area contributed by atoms with Crippen LogP contribution in [0.3, 0.4) is 0 Å². The third-order valence-corrected chi connectivity index (χ3v) is 2.36. The van der Waals surface area contributed by atoms with E-state index in [-0.39, 0.29) is 36.3 Å². The number of hydrogen-bond donors (Lipinski definition) is 0. The molecule has 1 nitrogen and oxygen atoms in total. The first-order valence-electron chi connectivity index (χ1n) is 5.76. The van der Waals surface area contributed by atoms with Crippen LogP contribution in [0.4, 0.5) is 0 Å². The summed E-state index contributed by atoms with van der Waals surface area (Å²) in [6.45, 7) is 6.09. The zero-order valence-electron chi connectivity index (χ0n) is 9.95. The molecule has 0 N–H and O–H groups in total. The molecule has 1 heteroatoms. The Balaban J connectivity index is 2.11. The van der Waals surface area contributed by atoms with Gasteiger partial charge in [-0.1, -0.05) is 12.2 Å². The lowest BCUT2D eigenvalue weighted by Crippen LogP contribution is -2.30. The first-order valence-corrected chi connectivity index (χ1v) is 4.61. The molecule has 0 aromatic carbocycles. The van der Waals surface area contributed by atoms with Gasteiger partial charge in [0.2, 0.25) is 0 Å². The molecular formula is C11H18O. The maximum atomic E-state index is 7.85. The molecule has 0 amide bonds. The van der Waals surface area contributed by atoms with Crippen LogP contribution in [0.2, 0.25) is 0 Å². The van der Waals surface area contributed by atoms with Gasteiger partial charge in [0.05, 0.1) is 11.7 Å². The van der Waals surface area contributed by atoms with Crippen LogP contribution < -0.4 is 0 Å². The maximum Gasteiger partial charge on any atom is 0.0707 e. The van der Waals surface area contributed by atoms with Crippen molar-refractivity contribution in [3.63, 3.8) is 0 Å². The van der Waals surface area contributed by atoms with Crippen molar-refractivity contribution >= 4 is 0 Å². The minimum absolute atomic E-state index is 0.0694. The van der Waals surface area contributed by atoms with Gasteiger partial charge < -0.3 is 4.74 Å². The molecule has 68 valence electrons. The zero-order chi connectivity index (χ0) is 10.5. The van der Waals surface area contributed by atoms with E-state index in [2.05, 4.69) is 12.2 Å². The standard InChI is InChI=1S/C11H18O/c1-11(2,3)12-10-8-4-5-9(10)7-6-8/h4-5,8-10H,6-7H2,1-3H3/i6D,7D. The van der Waals surface area contributed by atoms with Crippen molar-refractivity contribution in [1.82, 2.24) is 0 Å². The van der Waals surface area contributed by atoms with E-state index in [9.17, 15) is 0 Å². The fourth-order valence-electron chi connectivity index (χ4n) is 1.90. The Hall–Kier alpha value is -0.300. The average Bonchev–Trinajstić information content (AvgIpc) is 2.49. The van der Waals surface area contributed by atoms with Crippen molar-refractivity contribution in [1.29, 1.82) is 0 Å². The van der Waals surface area contributed by atoms with Crippen molar-refractivity contribution in [2.45, 2.75) is 45.3 Å². The number of hydrogen-bond acceptors (Lipinski definition) is 1. The van der Waals surface area contributed by atoms with Crippen LogP contribution in [0.15, 0.2) is 12.2 Å². The third kappa shape index (κ3) is 1.42. The van der Waals surface area contributed by atoms with Crippen LogP contribution in [0.5, 0.6) is 0 Å². The number of fused-ring (bicyclic) bond motifs is 2. The molecule has 2 bridgehead atoms. The van der Waals surface area contributed by atoms with E-state index in [1.165, 1.54) is 0 Å². The fourth-order valence-corrected chi connectivity index (χ4v) is 1.90. The van der Waals surface area contributed by atoms with Crippen LogP contribution in [-0.2, 0) is 4.74 Å². The highest BCUT2D eigenvalue weighted by Gasteiger charge is 2.40. The molecule has 0 heterocycles. The second-order valence-electron chi connectivity index (χ2n) is 4.62. The average molecular weight is 168 g/mol. The lowest BCUT2D eigenvalue weighted by Gasteiger charge is -2.27. The van der Waals surface area contributed by atoms with Crippen molar-refractivity contribution in [2.75, 3.05) is 0 Å². The summed E-state index contributed by atoms with van der Waals surface area (Å²) in [5, 5.41) is 0. The Labute approximate surface area is 77.6 Å². The van der Waals surface area contributed by atoms with Crippen LogP contribution in [0.25, 0.3) is 0 Å². The molecule has 0 radical (unpaired) electrons. The first kappa shape index (κ1) is 6.20. The Morgan fingerprint density at radius 3 is 2.17 bits per heavy atom. The molecule has 2 aliphatic rings. The minimum Gasteiger partial charge on any atom is -0.371 e. The summed E-state index contributed by atoms with van der Waals surface area (Å²) >= 11 is 0. The van der Waals surface area contributed by atoms with E-state index in [4.69, 9.17) is 7.48 Å². The van der Waals surface area contributed by atoms with Crippen LogP contribution in [0, 0.1) is 11.8 Å². The summed E-state index contributed by atoms with van der Waals surface area (Å²) < 4.78 is 21.6. The molecule has 0 aromatic heterocycles. The van der Waals surface area contributed by atoms with E-state index < -0.39 is 0 Å². The normalized spacial score (nSPS) is 54.1. The van der Waals surface area contributed by atoms with Gasteiger partial charge in [-0.25, -0.2) is 0 Å². The molecule has 0 saturated heterocycles. The van der Waals surface area contributed by atoms with Crippen molar-refractivity contribution in [2.24, 2.45) is 11.8 Å². The fraction of sp³-hybridized carbons (Fsp3) is 0.818. The van der Waals surface area contributed by atoms with Gasteiger partial charge >= 0.3 is 0 Å². The predicted octanol–water partition coefficient (Wildman–Crippen LogP) is 2.77. The monoisotopic (exact) mass is 168 g/mol. The zero-order valence-corrected chi connectivity index (χ0v) is 7.95. The molecule has 1 fully saturated rings. The molecule has 2 rings (SSSR count). The van der Waals surface area contributed by atoms with Gasteiger partial charge in [-0.15, -0.1) is 0 Å². The predicted molar refractivity (Wildman–Crippen MR) is 50.0 cm³/mol. The van der Waals surface area contributed by atoms with Gasteiger partial charge in [0.15, 0.2) is 0 Å². The van der Waals surface area contributed by atoms with Gasteiger partial charge in [0.25, 0.3) is 0 Å². The van der Waals surface area contributed by atoms with E-state index >= 15 is 0 Å². The molecule has 2 aliphatic carbocycles. The highest BCUT2D eigenvalue weighted by atomic mass is 16.5. The Kier molecular flexibility index (Phi) is 1.34.